The van der Waals surface area contributed by atoms with E-state index in [1.165, 1.54) is 0 Å². The lowest BCUT2D eigenvalue weighted by atomic mass is 9.78. The second-order valence-corrected chi connectivity index (χ2v) is 7.53. The molecule has 0 spiro atoms. The van der Waals surface area contributed by atoms with Crippen LogP contribution >= 0.6 is 0 Å². The average molecular weight is 375 g/mol. The molecule has 0 aliphatic heterocycles. The van der Waals surface area contributed by atoms with Gasteiger partial charge in [-0.2, -0.15) is 0 Å². The van der Waals surface area contributed by atoms with Gasteiger partial charge in [-0.3, -0.25) is 5.32 Å². The number of hydrogen-bond acceptors (Lipinski definition) is 3. The minimum Gasteiger partial charge on any atom is -0.508 e. The van der Waals surface area contributed by atoms with Crippen LogP contribution in [0, 0.1) is 13.8 Å². The van der Waals surface area contributed by atoms with Crippen molar-refractivity contribution in [1.29, 1.82) is 0 Å². The van der Waals surface area contributed by atoms with E-state index < -0.39 is 6.09 Å². The maximum Gasteiger partial charge on any atom is 0.417 e. The van der Waals surface area contributed by atoms with Crippen molar-refractivity contribution < 1.29 is 14.6 Å². The van der Waals surface area contributed by atoms with Crippen LogP contribution in [0.1, 0.15) is 36.1 Å². The Labute approximate surface area is 165 Å². The second kappa shape index (κ2) is 7.77. The van der Waals surface area contributed by atoms with Gasteiger partial charge in [0.25, 0.3) is 0 Å². The summed E-state index contributed by atoms with van der Waals surface area (Å²) in [6, 6.07) is 20.6. The highest BCUT2D eigenvalue weighted by Gasteiger charge is 2.23. The third kappa shape index (κ3) is 4.34. The van der Waals surface area contributed by atoms with E-state index in [0.29, 0.717) is 11.4 Å². The summed E-state index contributed by atoms with van der Waals surface area (Å²) in [5.74, 6) is 0.801. The number of hydrogen-bond donors (Lipinski definition) is 2. The Morgan fingerprint density at radius 2 is 1.46 bits per heavy atom. The van der Waals surface area contributed by atoms with Crippen molar-refractivity contribution in [2.24, 2.45) is 0 Å². The number of aryl methyl sites for hydroxylation is 2. The number of phenols is 1. The molecule has 1 amide bonds. The Hall–Kier alpha value is -3.27. The summed E-state index contributed by atoms with van der Waals surface area (Å²) in [6.07, 6.45) is -0.516. The average Bonchev–Trinajstić information content (AvgIpc) is 2.65. The Balaban J connectivity index is 1.70. The lowest BCUT2D eigenvalue weighted by Gasteiger charge is -2.26. The van der Waals surface area contributed by atoms with E-state index in [1.807, 2.05) is 62.4 Å². The summed E-state index contributed by atoms with van der Waals surface area (Å²) < 4.78 is 5.41. The number of phenolic OH excluding ortho intramolecular Hbond substituents is 1. The predicted molar refractivity (Wildman–Crippen MR) is 112 cm³/mol. The highest BCUT2D eigenvalue weighted by molar-refractivity contribution is 5.86. The zero-order chi connectivity index (χ0) is 20.3. The molecule has 0 atom stereocenters. The molecule has 0 fully saturated rings. The van der Waals surface area contributed by atoms with Gasteiger partial charge in [0.05, 0.1) is 0 Å². The first-order valence-corrected chi connectivity index (χ1v) is 9.22. The molecule has 3 rings (SSSR count). The number of benzene rings is 3. The lowest BCUT2D eigenvalue weighted by molar-refractivity contribution is 0.215. The topological polar surface area (TPSA) is 58.6 Å². The van der Waals surface area contributed by atoms with Crippen molar-refractivity contribution in [2.45, 2.75) is 33.1 Å². The summed E-state index contributed by atoms with van der Waals surface area (Å²) in [7, 11) is 0. The monoisotopic (exact) mass is 375 g/mol. The molecule has 3 aromatic carbocycles. The molecule has 0 bridgehead atoms. The molecule has 4 heteroatoms. The van der Waals surface area contributed by atoms with E-state index >= 15 is 0 Å². The van der Waals surface area contributed by atoms with Gasteiger partial charge in [0.2, 0.25) is 0 Å². The van der Waals surface area contributed by atoms with Crippen LogP contribution in [0.15, 0.2) is 66.7 Å². The van der Waals surface area contributed by atoms with Gasteiger partial charge in [0.15, 0.2) is 0 Å². The van der Waals surface area contributed by atoms with Crippen LogP contribution in [-0.4, -0.2) is 11.2 Å². The molecule has 0 saturated heterocycles. The van der Waals surface area contributed by atoms with Crippen LogP contribution in [0.5, 0.6) is 11.5 Å². The number of aromatic hydroxyl groups is 1. The van der Waals surface area contributed by atoms with Crippen molar-refractivity contribution in [1.82, 2.24) is 0 Å². The van der Waals surface area contributed by atoms with Crippen molar-refractivity contribution >= 4 is 11.8 Å². The lowest BCUT2D eigenvalue weighted by Crippen LogP contribution is -2.19. The normalized spacial score (nSPS) is 11.1. The Morgan fingerprint density at radius 1 is 0.893 bits per heavy atom. The van der Waals surface area contributed by atoms with Crippen molar-refractivity contribution in [3.63, 3.8) is 0 Å². The Morgan fingerprint density at radius 3 is 2.04 bits per heavy atom. The first-order chi connectivity index (χ1) is 13.3. The van der Waals surface area contributed by atoms with Crippen LogP contribution in [-0.2, 0) is 5.41 Å². The van der Waals surface area contributed by atoms with Crippen LogP contribution < -0.4 is 10.1 Å². The van der Waals surface area contributed by atoms with Crippen molar-refractivity contribution in [3.05, 3.63) is 89.0 Å². The Bertz CT molecular complexity index is 974. The predicted octanol–water partition coefficient (Wildman–Crippen LogP) is 5.95. The largest absolute Gasteiger partial charge is 0.508 e. The summed E-state index contributed by atoms with van der Waals surface area (Å²) in [5.41, 5.74) is 4.68. The van der Waals surface area contributed by atoms with E-state index in [2.05, 4.69) is 19.2 Å². The van der Waals surface area contributed by atoms with Crippen LogP contribution in [0.2, 0.25) is 0 Å². The van der Waals surface area contributed by atoms with Crippen molar-refractivity contribution in [2.75, 3.05) is 5.32 Å². The van der Waals surface area contributed by atoms with Crippen molar-refractivity contribution in [3.8, 4) is 11.5 Å². The van der Waals surface area contributed by atoms with Crippen LogP contribution in [0.3, 0.4) is 0 Å². The van der Waals surface area contributed by atoms with E-state index in [1.54, 1.807) is 18.2 Å². The van der Waals surface area contributed by atoms with E-state index in [-0.39, 0.29) is 11.2 Å². The number of carbonyl (C=O) groups is 1. The maximum atomic E-state index is 12.2. The van der Waals surface area contributed by atoms with E-state index in [0.717, 1.165) is 22.3 Å². The van der Waals surface area contributed by atoms with Gasteiger partial charge in [-0.25, -0.2) is 4.79 Å². The first kappa shape index (κ1) is 19.5. The van der Waals surface area contributed by atoms with E-state index in [9.17, 15) is 9.90 Å². The summed E-state index contributed by atoms with van der Waals surface area (Å²) in [6.45, 7) is 8.15. The molecule has 0 unspecified atom stereocenters. The second-order valence-electron chi connectivity index (χ2n) is 7.53. The van der Waals surface area contributed by atoms with Gasteiger partial charge < -0.3 is 9.84 Å². The minimum atomic E-state index is -0.516. The first-order valence-electron chi connectivity index (χ1n) is 9.22. The molecular weight excluding hydrogens is 350 g/mol. The fourth-order valence-electron chi connectivity index (χ4n) is 3.17. The highest BCUT2D eigenvalue weighted by atomic mass is 16.6. The van der Waals surface area contributed by atoms with Gasteiger partial charge in [-0.05, 0) is 60.9 Å². The number of anilines is 1. The molecule has 0 heterocycles. The zero-order valence-corrected chi connectivity index (χ0v) is 16.6. The summed E-state index contributed by atoms with van der Waals surface area (Å²) >= 11 is 0. The molecule has 0 saturated carbocycles. The van der Waals surface area contributed by atoms with Gasteiger partial charge in [-0.1, -0.05) is 55.8 Å². The van der Waals surface area contributed by atoms with Gasteiger partial charge in [-0.15, -0.1) is 0 Å². The number of rotatable bonds is 4. The fraction of sp³-hybridized carbons (Fsp3) is 0.208. The molecule has 3 aromatic rings. The molecule has 0 aromatic heterocycles. The Kier molecular flexibility index (Phi) is 5.41. The number of amides is 1. The molecule has 2 N–H and O–H groups in total. The third-order valence-corrected chi connectivity index (χ3v) is 4.98. The van der Waals surface area contributed by atoms with Crippen LogP contribution in [0.25, 0.3) is 0 Å². The van der Waals surface area contributed by atoms with Gasteiger partial charge >= 0.3 is 6.09 Å². The maximum absolute atomic E-state index is 12.2. The number of ether oxygens (including phenoxy) is 1. The fourth-order valence-corrected chi connectivity index (χ4v) is 3.17. The molecule has 28 heavy (non-hydrogen) atoms. The van der Waals surface area contributed by atoms with Gasteiger partial charge in [0, 0.05) is 11.1 Å². The minimum absolute atomic E-state index is 0.230. The summed E-state index contributed by atoms with van der Waals surface area (Å²) in [4.78, 5) is 12.2. The molecule has 0 radical (unpaired) electrons. The SMILES string of the molecule is Cc1ccc(OC(=O)Nc2ccc(C(C)(C)c3ccc(O)cc3)cc2)c(C)c1. The molecule has 0 aliphatic carbocycles. The molecular formula is C24H25NO3. The standard InChI is InChI=1S/C24H25NO3/c1-16-5-14-22(17(2)15-16)28-23(27)25-20-10-6-18(7-11-20)24(3,4)19-8-12-21(26)13-9-19/h5-15,26H,1-4H3,(H,25,27). The highest BCUT2D eigenvalue weighted by Crippen LogP contribution is 2.33. The van der Waals surface area contributed by atoms with Crippen LogP contribution in [0.4, 0.5) is 10.5 Å². The third-order valence-electron chi connectivity index (χ3n) is 4.98. The van der Waals surface area contributed by atoms with E-state index in [4.69, 9.17) is 4.74 Å². The van der Waals surface area contributed by atoms with Gasteiger partial charge in [0.1, 0.15) is 11.5 Å². The number of nitrogens with one attached hydrogen (secondary N) is 1. The molecule has 4 nitrogen and oxygen atoms in total. The quantitative estimate of drug-likeness (QED) is 0.593. The molecule has 0 aliphatic rings. The number of carbonyl (C=O) groups excluding carboxylic acids is 1. The summed E-state index contributed by atoms with van der Waals surface area (Å²) in [5, 5.41) is 12.3. The zero-order valence-electron chi connectivity index (χ0n) is 16.6. The smallest absolute Gasteiger partial charge is 0.417 e. The molecule has 144 valence electrons.